The third-order valence-corrected chi connectivity index (χ3v) is 7.43. The Bertz CT molecular complexity index is 957. The van der Waals surface area contributed by atoms with Gasteiger partial charge in [0.05, 0.1) is 28.3 Å². The second kappa shape index (κ2) is 11.3. The summed E-state index contributed by atoms with van der Waals surface area (Å²) in [5, 5.41) is 0.651. The van der Waals surface area contributed by atoms with Crippen molar-refractivity contribution in [3.8, 4) is 0 Å². The van der Waals surface area contributed by atoms with Crippen LogP contribution in [0.4, 0.5) is 0 Å². The molecule has 30 heavy (non-hydrogen) atoms. The zero-order valence-electron chi connectivity index (χ0n) is 17.4. The van der Waals surface area contributed by atoms with Crippen molar-refractivity contribution >= 4 is 56.7 Å². The molecule has 1 fully saturated rings. The number of hydrogen-bond acceptors (Lipinski definition) is 5. The fourth-order valence-electron chi connectivity index (χ4n) is 3.73. The van der Waals surface area contributed by atoms with Crippen molar-refractivity contribution in [2.24, 2.45) is 4.99 Å². The summed E-state index contributed by atoms with van der Waals surface area (Å²) >= 11 is 8.89. The van der Waals surface area contributed by atoms with E-state index < -0.39 is 0 Å². The van der Waals surface area contributed by atoms with Gasteiger partial charge in [0.2, 0.25) is 5.91 Å². The lowest BCUT2D eigenvalue weighted by Gasteiger charge is -2.35. The van der Waals surface area contributed by atoms with Crippen molar-refractivity contribution in [2.75, 3.05) is 31.8 Å². The van der Waals surface area contributed by atoms with E-state index in [1.54, 1.807) is 7.11 Å². The molecule has 2 heterocycles. The number of carbonyl (C=O) groups excluding carboxylic acids is 2. The van der Waals surface area contributed by atoms with E-state index in [0.29, 0.717) is 34.8 Å². The molecule has 0 spiro atoms. The molecule has 2 amide bonds. The smallest absolute Gasteiger partial charge is 0.258 e. The average Bonchev–Trinajstić information content (AvgIpc) is 3.07. The van der Waals surface area contributed by atoms with Crippen LogP contribution in [0, 0.1) is 0 Å². The summed E-state index contributed by atoms with van der Waals surface area (Å²) in [7, 11) is 1.65. The predicted octanol–water partition coefficient (Wildman–Crippen LogP) is 3.95. The van der Waals surface area contributed by atoms with E-state index in [9.17, 15) is 9.59 Å². The first kappa shape index (κ1) is 23.3. The lowest BCUT2D eigenvalue weighted by atomic mass is 10.0. The summed E-state index contributed by atoms with van der Waals surface area (Å²) in [6.07, 6.45) is 4.33. The normalized spacial score (nSPS) is 17.6. The number of ether oxygens (including phenoxy) is 1. The van der Waals surface area contributed by atoms with Crippen molar-refractivity contribution in [3.63, 3.8) is 0 Å². The van der Waals surface area contributed by atoms with E-state index in [0.717, 1.165) is 36.0 Å². The second-order valence-corrected chi connectivity index (χ2v) is 9.72. The van der Waals surface area contributed by atoms with E-state index in [1.165, 1.54) is 29.5 Å². The molecule has 0 bridgehead atoms. The van der Waals surface area contributed by atoms with E-state index in [2.05, 4.69) is 11.9 Å². The Morgan fingerprint density at radius 3 is 2.93 bits per heavy atom. The number of thioether (sulfide) groups is 1. The average molecular weight is 470 g/mol. The van der Waals surface area contributed by atoms with E-state index in [1.807, 2.05) is 27.7 Å². The molecule has 1 aliphatic rings. The first-order valence-corrected chi connectivity index (χ1v) is 12.6. The lowest BCUT2D eigenvalue weighted by molar-refractivity contribution is -0.132. The largest absolute Gasteiger partial charge is 0.383 e. The van der Waals surface area contributed by atoms with Crippen molar-refractivity contribution in [3.05, 3.63) is 28.0 Å². The van der Waals surface area contributed by atoms with Gasteiger partial charge in [-0.25, -0.2) is 0 Å². The Morgan fingerprint density at radius 2 is 2.17 bits per heavy atom. The Balaban J connectivity index is 1.65. The van der Waals surface area contributed by atoms with Gasteiger partial charge in [-0.2, -0.15) is 4.99 Å². The molecule has 0 radical (unpaired) electrons. The quantitative estimate of drug-likeness (QED) is 0.587. The number of thiazole rings is 1. The van der Waals surface area contributed by atoms with Crippen LogP contribution < -0.4 is 4.80 Å². The van der Waals surface area contributed by atoms with Gasteiger partial charge in [0.1, 0.15) is 0 Å². The SMILES string of the molecule is CCC1CCCCN1C(=O)CSCC(=O)N=c1sc2cc(Cl)ccc2n1CCOC. The highest BCUT2D eigenvalue weighted by Gasteiger charge is 2.25. The molecule has 1 aromatic carbocycles. The molecule has 9 heteroatoms. The number of nitrogens with zero attached hydrogens (tertiary/aromatic N) is 3. The van der Waals surface area contributed by atoms with Gasteiger partial charge in [-0.15, -0.1) is 11.8 Å². The van der Waals surface area contributed by atoms with Gasteiger partial charge in [0.25, 0.3) is 5.91 Å². The highest BCUT2D eigenvalue weighted by Crippen LogP contribution is 2.22. The highest BCUT2D eigenvalue weighted by molar-refractivity contribution is 8.00. The molecule has 0 N–H and O–H groups in total. The Kier molecular flexibility index (Phi) is 8.80. The maximum absolute atomic E-state index is 12.6. The van der Waals surface area contributed by atoms with Gasteiger partial charge in [-0.05, 0) is 43.9 Å². The Labute approximate surface area is 190 Å². The number of rotatable bonds is 8. The number of carbonyl (C=O) groups is 2. The number of benzene rings is 1. The number of hydrogen-bond donors (Lipinski definition) is 0. The van der Waals surface area contributed by atoms with Gasteiger partial charge in [0, 0.05) is 31.3 Å². The van der Waals surface area contributed by atoms with Crippen molar-refractivity contribution < 1.29 is 14.3 Å². The molecule has 1 aromatic heterocycles. The van der Waals surface area contributed by atoms with E-state index >= 15 is 0 Å². The number of fused-ring (bicyclic) bond motifs is 1. The molecule has 0 saturated carbocycles. The van der Waals surface area contributed by atoms with Gasteiger partial charge < -0.3 is 14.2 Å². The number of likely N-dealkylation sites (tertiary alicyclic amines) is 1. The van der Waals surface area contributed by atoms with Crippen LogP contribution in [-0.4, -0.2) is 59.1 Å². The fraction of sp³-hybridized carbons (Fsp3) is 0.571. The van der Waals surface area contributed by atoms with Gasteiger partial charge >= 0.3 is 0 Å². The van der Waals surface area contributed by atoms with Crippen LogP contribution in [0.25, 0.3) is 10.2 Å². The number of halogens is 1. The molecule has 1 unspecified atom stereocenters. The van der Waals surface area contributed by atoms with Gasteiger partial charge in [0.15, 0.2) is 4.80 Å². The number of piperidine rings is 1. The molecule has 1 saturated heterocycles. The number of amides is 2. The number of aromatic nitrogens is 1. The van der Waals surface area contributed by atoms with E-state index in [4.69, 9.17) is 16.3 Å². The maximum atomic E-state index is 12.6. The second-order valence-electron chi connectivity index (χ2n) is 7.28. The highest BCUT2D eigenvalue weighted by atomic mass is 35.5. The minimum atomic E-state index is -0.234. The molecular weight excluding hydrogens is 442 g/mol. The molecule has 3 rings (SSSR count). The first-order chi connectivity index (χ1) is 14.5. The third kappa shape index (κ3) is 5.87. The summed E-state index contributed by atoms with van der Waals surface area (Å²) in [5.74, 6) is 0.410. The molecule has 2 aromatic rings. The third-order valence-electron chi connectivity index (χ3n) is 5.25. The van der Waals surface area contributed by atoms with Crippen LogP contribution in [0.1, 0.15) is 32.6 Å². The molecular formula is C21H28ClN3O3S2. The van der Waals surface area contributed by atoms with Crippen LogP contribution in [0.3, 0.4) is 0 Å². The zero-order chi connectivity index (χ0) is 21.5. The van der Waals surface area contributed by atoms with Crippen molar-refractivity contribution in [1.29, 1.82) is 0 Å². The monoisotopic (exact) mass is 469 g/mol. The summed E-state index contributed by atoms with van der Waals surface area (Å²) in [5.41, 5.74) is 0.978. The molecule has 0 aliphatic carbocycles. The van der Waals surface area contributed by atoms with Crippen LogP contribution >= 0.6 is 34.7 Å². The molecule has 1 atom stereocenters. The Hall–Kier alpha value is -1.35. The predicted molar refractivity (Wildman–Crippen MR) is 124 cm³/mol. The van der Waals surface area contributed by atoms with Crippen molar-refractivity contribution in [1.82, 2.24) is 9.47 Å². The molecule has 164 valence electrons. The standard InChI is InChI=1S/C21H28ClN3O3S2/c1-3-16-6-4-5-9-24(16)20(27)14-29-13-19(26)23-21-25(10-11-28-2)17-8-7-15(22)12-18(17)30-21/h7-8,12,16H,3-6,9-11,13-14H2,1-2H3. The fourth-order valence-corrected chi connectivity index (χ4v) is 5.76. The van der Waals surface area contributed by atoms with Crippen LogP contribution in [0.15, 0.2) is 23.2 Å². The number of methoxy groups -OCH3 is 1. The van der Waals surface area contributed by atoms with Crippen LogP contribution in [0.5, 0.6) is 0 Å². The Morgan fingerprint density at radius 1 is 1.33 bits per heavy atom. The lowest BCUT2D eigenvalue weighted by Crippen LogP contribution is -2.44. The topological polar surface area (TPSA) is 63.9 Å². The van der Waals surface area contributed by atoms with Gasteiger partial charge in [-0.1, -0.05) is 29.9 Å². The summed E-state index contributed by atoms with van der Waals surface area (Å²) in [6, 6.07) is 5.99. The van der Waals surface area contributed by atoms with E-state index in [-0.39, 0.29) is 17.6 Å². The molecule has 1 aliphatic heterocycles. The maximum Gasteiger partial charge on any atom is 0.258 e. The minimum absolute atomic E-state index is 0.131. The molecule has 6 nitrogen and oxygen atoms in total. The summed E-state index contributed by atoms with van der Waals surface area (Å²) in [6.45, 7) is 4.08. The van der Waals surface area contributed by atoms with Crippen molar-refractivity contribution in [2.45, 2.75) is 45.2 Å². The van der Waals surface area contributed by atoms with Gasteiger partial charge in [-0.3, -0.25) is 9.59 Å². The minimum Gasteiger partial charge on any atom is -0.383 e. The van der Waals surface area contributed by atoms with Crippen LogP contribution in [0.2, 0.25) is 5.02 Å². The summed E-state index contributed by atoms with van der Waals surface area (Å²) in [4.78, 5) is 32.0. The summed E-state index contributed by atoms with van der Waals surface area (Å²) < 4.78 is 8.15. The van der Waals surface area contributed by atoms with Crippen LogP contribution in [-0.2, 0) is 20.9 Å². The zero-order valence-corrected chi connectivity index (χ0v) is 19.8. The first-order valence-electron chi connectivity index (χ1n) is 10.3.